The summed E-state index contributed by atoms with van der Waals surface area (Å²) in [6.45, 7) is 0. The summed E-state index contributed by atoms with van der Waals surface area (Å²) < 4.78 is 0. The second-order valence-electron chi connectivity index (χ2n) is 4.45. The molecule has 2 rings (SSSR count). The zero-order valence-electron chi connectivity index (χ0n) is 11.7. The predicted octanol–water partition coefficient (Wildman–Crippen LogP) is 3.15. The van der Waals surface area contributed by atoms with Gasteiger partial charge in [0.2, 0.25) is 5.91 Å². The van der Waals surface area contributed by atoms with Crippen molar-refractivity contribution in [1.29, 1.82) is 0 Å². The number of anilines is 1. The molecule has 0 saturated heterocycles. The smallest absolute Gasteiger partial charge is 0.292 e. The van der Waals surface area contributed by atoms with Crippen molar-refractivity contribution in [1.82, 2.24) is 0 Å². The normalized spacial score (nSPS) is 10.4. The topological polar surface area (TPSA) is 115 Å². The molecule has 116 valence electrons. The van der Waals surface area contributed by atoms with E-state index in [-0.39, 0.29) is 17.1 Å². The molecule has 0 aromatic heterocycles. The molecule has 0 unspecified atom stereocenters. The number of nitro groups is 2. The van der Waals surface area contributed by atoms with Crippen LogP contribution in [-0.2, 0) is 4.79 Å². The number of nitrogens with one attached hydrogen (secondary N) is 1. The van der Waals surface area contributed by atoms with Crippen molar-refractivity contribution in [2.45, 2.75) is 0 Å². The highest BCUT2D eigenvalue weighted by molar-refractivity contribution is 6.03. The van der Waals surface area contributed by atoms with E-state index in [2.05, 4.69) is 5.32 Å². The number of non-ortho nitro benzene ring substituents is 1. The average Bonchev–Trinajstić information content (AvgIpc) is 2.53. The first-order valence-corrected chi connectivity index (χ1v) is 6.44. The number of para-hydroxylation sites is 2. The van der Waals surface area contributed by atoms with Gasteiger partial charge in [-0.2, -0.15) is 0 Å². The number of nitrogens with zero attached hydrogens (tertiary/aromatic N) is 2. The van der Waals surface area contributed by atoms with Gasteiger partial charge in [0, 0.05) is 24.3 Å². The van der Waals surface area contributed by atoms with E-state index in [1.807, 2.05) is 0 Å². The third-order valence-corrected chi connectivity index (χ3v) is 2.87. The number of carbonyl (C=O) groups excluding carboxylic acids is 1. The van der Waals surface area contributed by atoms with E-state index in [1.54, 1.807) is 12.1 Å². The minimum absolute atomic E-state index is 0.0752. The molecule has 0 radical (unpaired) electrons. The van der Waals surface area contributed by atoms with Gasteiger partial charge in [-0.15, -0.1) is 0 Å². The molecule has 1 N–H and O–H groups in total. The highest BCUT2D eigenvalue weighted by Gasteiger charge is 2.13. The van der Waals surface area contributed by atoms with Gasteiger partial charge >= 0.3 is 0 Å². The molecule has 0 aliphatic rings. The average molecular weight is 313 g/mol. The molecule has 0 heterocycles. The second-order valence-corrected chi connectivity index (χ2v) is 4.45. The van der Waals surface area contributed by atoms with E-state index in [1.165, 1.54) is 42.5 Å². The standard InChI is InChI=1S/C15H11N3O5/c19-15(16-13-6-1-2-7-14(13)18(22)23)9-8-11-4-3-5-12(10-11)17(20)21/h1-10H,(H,16,19). The Labute approximate surface area is 130 Å². The van der Waals surface area contributed by atoms with Crippen molar-refractivity contribution in [2.24, 2.45) is 0 Å². The molecule has 0 aliphatic carbocycles. The number of hydrogen-bond donors (Lipinski definition) is 1. The number of benzene rings is 2. The fourth-order valence-corrected chi connectivity index (χ4v) is 1.83. The zero-order valence-corrected chi connectivity index (χ0v) is 11.7. The Bertz CT molecular complexity index is 801. The Kier molecular flexibility index (Phi) is 4.78. The minimum atomic E-state index is -0.597. The van der Waals surface area contributed by atoms with Crippen molar-refractivity contribution >= 4 is 29.0 Å². The molecular formula is C15H11N3O5. The van der Waals surface area contributed by atoms with Gasteiger partial charge in [0.15, 0.2) is 0 Å². The molecule has 2 aromatic rings. The fourth-order valence-electron chi connectivity index (χ4n) is 1.83. The van der Waals surface area contributed by atoms with Gasteiger partial charge in [-0.1, -0.05) is 24.3 Å². The van der Waals surface area contributed by atoms with E-state index >= 15 is 0 Å². The van der Waals surface area contributed by atoms with Crippen LogP contribution in [-0.4, -0.2) is 15.8 Å². The summed E-state index contributed by atoms with van der Waals surface area (Å²) in [6.07, 6.45) is 2.53. The Morgan fingerprint density at radius 1 is 1.00 bits per heavy atom. The maximum atomic E-state index is 11.8. The number of amides is 1. The molecule has 0 atom stereocenters. The molecular weight excluding hydrogens is 302 g/mol. The van der Waals surface area contributed by atoms with E-state index in [9.17, 15) is 25.0 Å². The summed E-state index contributed by atoms with van der Waals surface area (Å²) in [6, 6.07) is 11.5. The summed E-state index contributed by atoms with van der Waals surface area (Å²) in [4.78, 5) is 32.2. The van der Waals surface area contributed by atoms with Crippen molar-refractivity contribution in [2.75, 3.05) is 5.32 Å². The summed E-state index contributed by atoms with van der Waals surface area (Å²) in [5.74, 6) is -0.578. The number of nitro benzene ring substituents is 2. The highest BCUT2D eigenvalue weighted by atomic mass is 16.6. The first-order valence-electron chi connectivity index (χ1n) is 6.44. The molecule has 0 fully saturated rings. The van der Waals surface area contributed by atoms with Crippen LogP contribution in [0.3, 0.4) is 0 Å². The van der Waals surface area contributed by atoms with Crippen LogP contribution in [0.25, 0.3) is 6.08 Å². The third kappa shape index (κ3) is 4.21. The molecule has 23 heavy (non-hydrogen) atoms. The lowest BCUT2D eigenvalue weighted by Gasteiger charge is -2.02. The molecule has 8 nitrogen and oxygen atoms in total. The van der Waals surface area contributed by atoms with Crippen LogP contribution in [0, 0.1) is 20.2 Å². The first-order chi connectivity index (χ1) is 11.0. The molecule has 0 spiro atoms. The number of rotatable bonds is 5. The molecule has 1 amide bonds. The Morgan fingerprint density at radius 3 is 2.43 bits per heavy atom. The van der Waals surface area contributed by atoms with Crippen LogP contribution >= 0.6 is 0 Å². The molecule has 8 heteroatoms. The molecule has 0 saturated carbocycles. The van der Waals surface area contributed by atoms with E-state index in [0.29, 0.717) is 5.56 Å². The van der Waals surface area contributed by atoms with Crippen molar-refractivity contribution < 1.29 is 14.6 Å². The molecule has 0 aliphatic heterocycles. The Hall–Kier alpha value is -3.55. The minimum Gasteiger partial charge on any atom is -0.317 e. The summed E-state index contributed by atoms with van der Waals surface area (Å²) in [7, 11) is 0. The molecule has 2 aromatic carbocycles. The van der Waals surface area contributed by atoms with Crippen molar-refractivity contribution in [3.05, 3.63) is 80.4 Å². The fraction of sp³-hybridized carbons (Fsp3) is 0. The van der Waals surface area contributed by atoms with Gasteiger partial charge in [-0.05, 0) is 17.7 Å². The van der Waals surface area contributed by atoms with Crippen molar-refractivity contribution in [3.63, 3.8) is 0 Å². The quantitative estimate of drug-likeness (QED) is 0.517. The first kappa shape index (κ1) is 15.8. The van der Waals surface area contributed by atoms with Crippen molar-refractivity contribution in [3.8, 4) is 0 Å². The number of hydrogen-bond acceptors (Lipinski definition) is 5. The van der Waals surface area contributed by atoms with Gasteiger partial charge in [0.25, 0.3) is 11.4 Å². The van der Waals surface area contributed by atoms with Gasteiger partial charge < -0.3 is 5.32 Å². The van der Waals surface area contributed by atoms with Crippen LogP contribution in [0.2, 0.25) is 0 Å². The SMILES string of the molecule is O=C(C=Cc1cccc([N+](=O)[O-])c1)Nc1ccccc1[N+](=O)[O-]. The van der Waals surface area contributed by atoms with Crippen LogP contribution in [0.5, 0.6) is 0 Å². The Morgan fingerprint density at radius 2 is 1.74 bits per heavy atom. The van der Waals surface area contributed by atoms with Crippen LogP contribution < -0.4 is 5.32 Å². The maximum absolute atomic E-state index is 11.8. The summed E-state index contributed by atoms with van der Waals surface area (Å²) in [5, 5.41) is 23.9. The van der Waals surface area contributed by atoms with Gasteiger partial charge in [-0.25, -0.2) is 0 Å². The van der Waals surface area contributed by atoms with Crippen LogP contribution in [0.1, 0.15) is 5.56 Å². The largest absolute Gasteiger partial charge is 0.317 e. The lowest BCUT2D eigenvalue weighted by atomic mass is 10.2. The Balaban J connectivity index is 2.12. The van der Waals surface area contributed by atoms with Crippen LogP contribution in [0.4, 0.5) is 17.1 Å². The van der Waals surface area contributed by atoms with Crippen LogP contribution in [0.15, 0.2) is 54.6 Å². The van der Waals surface area contributed by atoms with E-state index in [0.717, 1.165) is 6.08 Å². The number of carbonyl (C=O) groups is 1. The van der Waals surface area contributed by atoms with Gasteiger partial charge in [0.05, 0.1) is 9.85 Å². The lowest BCUT2D eigenvalue weighted by molar-refractivity contribution is -0.384. The maximum Gasteiger partial charge on any atom is 0.292 e. The highest BCUT2D eigenvalue weighted by Crippen LogP contribution is 2.23. The summed E-state index contributed by atoms with van der Waals surface area (Å²) in [5.41, 5.74) is 0.235. The van der Waals surface area contributed by atoms with Gasteiger partial charge in [0.1, 0.15) is 5.69 Å². The van der Waals surface area contributed by atoms with Gasteiger partial charge in [-0.3, -0.25) is 25.0 Å². The third-order valence-electron chi connectivity index (χ3n) is 2.87. The second kappa shape index (κ2) is 6.94. The molecule has 0 bridgehead atoms. The summed E-state index contributed by atoms with van der Waals surface area (Å²) >= 11 is 0. The zero-order chi connectivity index (χ0) is 16.8. The lowest BCUT2D eigenvalue weighted by Crippen LogP contribution is -2.09. The monoisotopic (exact) mass is 313 g/mol. The predicted molar refractivity (Wildman–Crippen MR) is 83.9 cm³/mol. The van der Waals surface area contributed by atoms with E-state index in [4.69, 9.17) is 0 Å². The van der Waals surface area contributed by atoms with E-state index < -0.39 is 15.8 Å².